The van der Waals surface area contributed by atoms with Crippen LogP contribution in [0.4, 0.5) is 13.2 Å². The lowest BCUT2D eigenvalue weighted by Gasteiger charge is -2.33. The molecule has 0 amide bonds. The van der Waals surface area contributed by atoms with E-state index in [4.69, 9.17) is 0 Å². The fraction of sp³-hybridized carbons (Fsp3) is 1.00. The molecule has 1 heterocycles. The standard InChI is InChI=1S/C12H22F3N3O2S/c1-2-16-9-10-3-7-18(8-4-10)21(19,20)17-11(5-6-11)12(13,14)15/h10,16-17H,2-9H2,1H3. The van der Waals surface area contributed by atoms with Gasteiger partial charge in [0, 0.05) is 13.1 Å². The first-order valence-corrected chi connectivity index (χ1v) is 8.71. The Labute approximate surface area is 123 Å². The van der Waals surface area contributed by atoms with E-state index in [-0.39, 0.29) is 25.9 Å². The van der Waals surface area contributed by atoms with Gasteiger partial charge in [0.05, 0.1) is 0 Å². The number of rotatable bonds is 6. The van der Waals surface area contributed by atoms with E-state index in [2.05, 4.69) is 5.32 Å². The Morgan fingerprint density at radius 2 is 1.81 bits per heavy atom. The Morgan fingerprint density at radius 1 is 1.24 bits per heavy atom. The average Bonchev–Trinajstić information content (AvgIpc) is 3.16. The number of alkyl halides is 3. The quantitative estimate of drug-likeness (QED) is 0.771. The average molecular weight is 329 g/mol. The molecular weight excluding hydrogens is 307 g/mol. The zero-order valence-corrected chi connectivity index (χ0v) is 12.9. The van der Waals surface area contributed by atoms with Crippen molar-refractivity contribution in [1.82, 2.24) is 14.3 Å². The lowest BCUT2D eigenvalue weighted by molar-refractivity contribution is -0.161. The van der Waals surface area contributed by atoms with Crippen molar-refractivity contribution < 1.29 is 21.6 Å². The van der Waals surface area contributed by atoms with Crippen LogP contribution >= 0.6 is 0 Å². The van der Waals surface area contributed by atoms with Crippen LogP contribution in [0, 0.1) is 5.92 Å². The number of halogens is 3. The van der Waals surface area contributed by atoms with Crippen LogP contribution in [0.25, 0.3) is 0 Å². The van der Waals surface area contributed by atoms with Gasteiger partial charge in [-0.25, -0.2) is 0 Å². The van der Waals surface area contributed by atoms with Gasteiger partial charge in [0.25, 0.3) is 10.2 Å². The molecule has 2 aliphatic rings. The van der Waals surface area contributed by atoms with E-state index in [1.165, 1.54) is 0 Å². The van der Waals surface area contributed by atoms with Crippen molar-refractivity contribution in [3.05, 3.63) is 0 Å². The number of hydrogen-bond donors (Lipinski definition) is 2. The second-order valence-electron chi connectivity index (χ2n) is 5.84. The summed E-state index contributed by atoms with van der Waals surface area (Å²) >= 11 is 0. The summed E-state index contributed by atoms with van der Waals surface area (Å²) in [5, 5.41) is 3.21. The van der Waals surface area contributed by atoms with Gasteiger partial charge in [0.2, 0.25) is 0 Å². The minimum atomic E-state index is -4.52. The van der Waals surface area contributed by atoms with Gasteiger partial charge in [-0.05, 0) is 44.7 Å². The minimum absolute atomic E-state index is 0.174. The number of nitrogens with zero attached hydrogens (tertiary/aromatic N) is 1. The molecule has 9 heteroatoms. The number of nitrogens with one attached hydrogen (secondary N) is 2. The van der Waals surface area contributed by atoms with E-state index in [1.807, 2.05) is 11.6 Å². The summed E-state index contributed by atoms with van der Waals surface area (Å²) in [5.41, 5.74) is -2.23. The maximum Gasteiger partial charge on any atom is 0.407 e. The van der Waals surface area contributed by atoms with Gasteiger partial charge in [-0.2, -0.15) is 30.6 Å². The molecular formula is C12H22F3N3O2S. The van der Waals surface area contributed by atoms with Gasteiger partial charge in [-0.15, -0.1) is 0 Å². The molecule has 0 atom stereocenters. The fourth-order valence-corrected chi connectivity index (χ4v) is 4.22. The van der Waals surface area contributed by atoms with Crippen molar-refractivity contribution in [2.45, 2.75) is 44.3 Å². The molecule has 2 rings (SSSR count). The highest BCUT2D eigenvalue weighted by Gasteiger charge is 2.65. The van der Waals surface area contributed by atoms with Crippen molar-refractivity contribution in [3.63, 3.8) is 0 Å². The predicted molar refractivity (Wildman–Crippen MR) is 72.9 cm³/mol. The van der Waals surface area contributed by atoms with Crippen LogP contribution in [-0.4, -0.2) is 50.6 Å². The molecule has 124 valence electrons. The summed E-state index contributed by atoms with van der Waals surface area (Å²) < 4.78 is 65.7. The zero-order chi connectivity index (χ0) is 15.7. The van der Waals surface area contributed by atoms with Gasteiger partial charge in [-0.1, -0.05) is 6.92 Å². The Balaban J connectivity index is 1.90. The van der Waals surface area contributed by atoms with Crippen LogP contribution < -0.4 is 10.0 Å². The van der Waals surface area contributed by atoms with E-state index in [0.717, 1.165) is 17.4 Å². The fourth-order valence-electron chi connectivity index (χ4n) is 2.58. The molecule has 0 bridgehead atoms. The van der Waals surface area contributed by atoms with Crippen LogP contribution in [0.15, 0.2) is 0 Å². The second-order valence-corrected chi connectivity index (χ2v) is 7.51. The summed E-state index contributed by atoms with van der Waals surface area (Å²) in [4.78, 5) is 0. The first-order chi connectivity index (χ1) is 9.70. The van der Waals surface area contributed by atoms with E-state index in [0.29, 0.717) is 18.8 Å². The monoisotopic (exact) mass is 329 g/mol. The molecule has 1 saturated carbocycles. The van der Waals surface area contributed by atoms with E-state index in [1.54, 1.807) is 0 Å². The summed E-state index contributed by atoms with van der Waals surface area (Å²) in [6, 6.07) is 0. The molecule has 5 nitrogen and oxygen atoms in total. The maximum absolute atomic E-state index is 12.8. The van der Waals surface area contributed by atoms with Crippen LogP contribution in [0.1, 0.15) is 32.6 Å². The minimum Gasteiger partial charge on any atom is -0.317 e. The van der Waals surface area contributed by atoms with Crippen LogP contribution in [-0.2, 0) is 10.2 Å². The topological polar surface area (TPSA) is 61.4 Å². The van der Waals surface area contributed by atoms with Crippen LogP contribution in [0.2, 0.25) is 0 Å². The third kappa shape index (κ3) is 3.88. The van der Waals surface area contributed by atoms with Crippen molar-refractivity contribution in [3.8, 4) is 0 Å². The molecule has 1 aliphatic heterocycles. The predicted octanol–water partition coefficient (Wildman–Crippen LogP) is 1.24. The van der Waals surface area contributed by atoms with Gasteiger partial charge in [0.15, 0.2) is 0 Å². The first kappa shape index (κ1) is 17.0. The third-order valence-corrected chi connectivity index (χ3v) is 5.91. The molecule has 1 saturated heterocycles. The number of piperidine rings is 1. The summed E-state index contributed by atoms with van der Waals surface area (Å²) in [6.07, 6.45) is -3.53. The highest BCUT2D eigenvalue weighted by Crippen LogP contribution is 2.49. The Kier molecular flexibility index (Phi) is 4.87. The summed E-state index contributed by atoms with van der Waals surface area (Å²) in [6.45, 7) is 4.23. The van der Waals surface area contributed by atoms with Crippen molar-refractivity contribution >= 4 is 10.2 Å². The smallest absolute Gasteiger partial charge is 0.317 e. The Hall–Kier alpha value is -0.380. The molecule has 0 radical (unpaired) electrons. The van der Waals surface area contributed by atoms with Gasteiger partial charge in [-0.3, -0.25) is 0 Å². The molecule has 0 aromatic carbocycles. The second kappa shape index (κ2) is 6.02. The van der Waals surface area contributed by atoms with E-state index < -0.39 is 21.9 Å². The summed E-state index contributed by atoms with van der Waals surface area (Å²) in [5.74, 6) is 0.383. The lowest BCUT2D eigenvalue weighted by atomic mass is 9.98. The molecule has 0 aromatic rings. The Bertz CT molecular complexity index is 455. The molecule has 0 unspecified atom stereocenters. The molecule has 2 fully saturated rings. The van der Waals surface area contributed by atoms with Gasteiger partial charge in [0.1, 0.15) is 5.54 Å². The highest BCUT2D eigenvalue weighted by molar-refractivity contribution is 7.87. The molecule has 2 N–H and O–H groups in total. The van der Waals surface area contributed by atoms with Crippen molar-refractivity contribution in [2.24, 2.45) is 5.92 Å². The van der Waals surface area contributed by atoms with E-state index >= 15 is 0 Å². The number of hydrogen-bond acceptors (Lipinski definition) is 3. The van der Waals surface area contributed by atoms with Gasteiger partial charge < -0.3 is 5.32 Å². The van der Waals surface area contributed by atoms with Crippen LogP contribution in [0.3, 0.4) is 0 Å². The molecule has 0 spiro atoms. The molecule has 21 heavy (non-hydrogen) atoms. The molecule has 1 aliphatic carbocycles. The van der Waals surface area contributed by atoms with Crippen molar-refractivity contribution in [2.75, 3.05) is 26.2 Å². The highest BCUT2D eigenvalue weighted by atomic mass is 32.2. The maximum atomic E-state index is 12.8. The summed E-state index contributed by atoms with van der Waals surface area (Å²) in [7, 11) is -4.06. The molecule has 0 aromatic heterocycles. The largest absolute Gasteiger partial charge is 0.407 e. The Morgan fingerprint density at radius 3 is 2.24 bits per heavy atom. The first-order valence-electron chi connectivity index (χ1n) is 7.27. The van der Waals surface area contributed by atoms with Crippen LogP contribution in [0.5, 0.6) is 0 Å². The lowest BCUT2D eigenvalue weighted by Crippen LogP contribution is -2.54. The normalized spacial score (nSPS) is 24.2. The van der Waals surface area contributed by atoms with Crippen molar-refractivity contribution in [1.29, 1.82) is 0 Å². The third-order valence-electron chi connectivity index (χ3n) is 4.21. The SMILES string of the molecule is CCNCC1CCN(S(=O)(=O)NC2(C(F)(F)F)CC2)CC1. The van der Waals surface area contributed by atoms with Gasteiger partial charge >= 0.3 is 6.18 Å². The van der Waals surface area contributed by atoms with E-state index in [9.17, 15) is 21.6 Å². The zero-order valence-electron chi connectivity index (χ0n) is 12.0.